The molecule has 0 radical (unpaired) electrons. The molecule has 0 saturated carbocycles. The Morgan fingerprint density at radius 2 is 1.22 bits per heavy atom. The van der Waals surface area contributed by atoms with Gasteiger partial charge in [-0.15, -0.1) is 0 Å². The Morgan fingerprint density at radius 3 is 1.53 bits per heavy atom. The third-order valence-electron chi connectivity index (χ3n) is 6.84. The zero-order valence-corrected chi connectivity index (χ0v) is 22.3. The number of Topliss-reactive ketones (excluding diaryl/α,β-unsaturated/α-hetero) is 1. The summed E-state index contributed by atoms with van der Waals surface area (Å²) in [5.41, 5.74) is 2.01. The van der Waals surface area contributed by atoms with Gasteiger partial charge in [-0.05, 0) is 53.9 Å². The molecule has 3 unspecified atom stereocenters. The first-order chi connectivity index (χ1) is 14.5. The lowest BCUT2D eigenvalue weighted by atomic mass is 9.73. The van der Waals surface area contributed by atoms with Gasteiger partial charge in [-0.3, -0.25) is 9.59 Å². The Bertz CT molecular complexity index is 741. The van der Waals surface area contributed by atoms with Crippen molar-refractivity contribution in [1.82, 2.24) is 0 Å². The number of ketones is 2. The van der Waals surface area contributed by atoms with E-state index in [9.17, 15) is 9.59 Å². The summed E-state index contributed by atoms with van der Waals surface area (Å²) in [5.74, 6) is 1.97. The summed E-state index contributed by atoms with van der Waals surface area (Å²) in [4.78, 5) is 22.5. The maximum absolute atomic E-state index is 11.4. The normalized spacial score (nSPS) is 25.8. The SMILES string of the molecule is C=C1C=CCC(C(C)(C)C)C1.CC(C)(C)C1CC=CC1=O.CC(C)(C)C1CC=CCC1=O. The van der Waals surface area contributed by atoms with E-state index in [-0.39, 0.29) is 22.7 Å². The summed E-state index contributed by atoms with van der Waals surface area (Å²) in [6.45, 7) is 23.7. The van der Waals surface area contributed by atoms with Crippen LogP contribution in [0.5, 0.6) is 0 Å². The molecule has 0 aromatic carbocycles. The molecule has 0 amide bonds. The molecule has 0 spiro atoms. The zero-order valence-electron chi connectivity index (χ0n) is 22.3. The van der Waals surface area contributed by atoms with Crippen LogP contribution in [0.2, 0.25) is 0 Å². The molecule has 0 aromatic rings. The third-order valence-corrected chi connectivity index (χ3v) is 6.84. The van der Waals surface area contributed by atoms with Gasteiger partial charge in [-0.2, -0.15) is 0 Å². The summed E-state index contributed by atoms with van der Waals surface area (Å²) in [6.07, 6.45) is 17.1. The summed E-state index contributed by atoms with van der Waals surface area (Å²) >= 11 is 0. The molecule has 0 heterocycles. The van der Waals surface area contributed by atoms with Crippen LogP contribution in [-0.2, 0) is 9.59 Å². The second kappa shape index (κ2) is 11.4. The molecule has 0 saturated heterocycles. The Hall–Kier alpha value is -1.70. The number of hydrogen-bond donors (Lipinski definition) is 0. The first kappa shape index (κ1) is 28.3. The van der Waals surface area contributed by atoms with E-state index in [1.54, 1.807) is 6.08 Å². The molecule has 180 valence electrons. The molecule has 0 aliphatic heterocycles. The fourth-order valence-corrected chi connectivity index (χ4v) is 4.40. The Labute approximate surface area is 198 Å². The lowest BCUT2D eigenvalue weighted by Crippen LogP contribution is -2.29. The smallest absolute Gasteiger partial charge is 0.159 e. The largest absolute Gasteiger partial charge is 0.299 e. The zero-order chi connectivity index (χ0) is 24.7. The minimum Gasteiger partial charge on any atom is -0.299 e. The van der Waals surface area contributed by atoms with Gasteiger partial charge in [0.05, 0.1) is 0 Å². The monoisotopic (exact) mass is 440 g/mol. The Morgan fingerprint density at radius 1 is 0.688 bits per heavy atom. The van der Waals surface area contributed by atoms with Crippen LogP contribution in [0.15, 0.2) is 48.6 Å². The van der Waals surface area contributed by atoms with Gasteiger partial charge in [0.2, 0.25) is 0 Å². The highest BCUT2D eigenvalue weighted by atomic mass is 16.1. The predicted molar refractivity (Wildman–Crippen MR) is 138 cm³/mol. The van der Waals surface area contributed by atoms with Crippen molar-refractivity contribution in [2.45, 2.75) is 94.4 Å². The van der Waals surface area contributed by atoms with Gasteiger partial charge in [-0.25, -0.2) is 0 Å². The minimum absolute atomic E-state index is 0.139. The van der Waals surface area contributed by atoms with E-state index in [0.717, 1.165) is 18.8 Å². The molecule has 3 atom stereocenters. The highest BCUT2D eigenvalue weighted by molar-refractivity contribution is 5.94. The summed E-state index contributed by atoms with van der Waals surface area (Å²) in [5, 5.41) is 0. The van der Waals surface area contributed by atoms with Crippen molar-refractivity contribution in [3.8, 4) is 0 Å². The molecule has 0 bridgehead atoms. The van der Waals surface area contributed by atoms with Crippen LogP contribution in [0.1, 0.15) is 94.4 Å². The average molecular weight is 441 g/mol. The number of allylic oxidation sites excluding steroid dienone is 7. The molecule has 0 aromatic heterocycles. The van der Waals surface area contributed by atoms with Gasteiger partial charge >= 0.3 is 0 Å². The lowest BCUT2D eigenvalue weighted by Gasteiger charge is -2.32. The molecule has 3 rings (SSSR count). The molecule has 2 heteroatoms. The first-order valence-electron chi connectivity index (χ1n) is 12.3. The molecular formula is C30H48O2. The molecular weight excluding hydrogens is 392 g/mol. The maximum atomic E-state index is 11.4. The van der Waals surface area contributed by atoms with E-state index in [1.165, 1.54) is 18.4 Å². The fraction of sp³-hybridized carbons (Fsp3) is 0.667. The van der Waals surface area contributed by atoms with Gasteiger partial charge in [0.15, 0.2) is 5.78 Å². The molecule has 2 nitrogen and oxygen atoms in total. The summed E-state index contributed by atoms with van der Waals surface area (Å²) in [7, 11) is 0. The van der Waals surface area contributed by atoms with Crippen LogP contribution in [0, 0.1) is 34.0 Å². The van der Waals surface area contributed by atoms with Crippen molar-refractivity contribution in [2.75, 3.05) is 0 Å². The topological polar surface area (TPSA) is 34.1 Å². The van der Waals surface area contributed by atoms with E-state index < -0.39 is 0 Å². The molecule has 0 fully saturated rings. The van der Waals surface area contributed by atoms with Gasteiger partial charge in [0.25, 0.3) is 0 Å². The van der Waals surface area contributed by atoms with Crippen LogP contribution < -0.4 is 0 Å². The van der Waals surface area contributed by atoms with Gasteiger partial charge in [0, 0.05) is 18.3 Å². The van der Waals surface area contributed by atoms with Crippen LogP contribution in [-0.4, -0.2) is 11.6 Å². The van der Waals surface area contributed by atoms with E-state index >= 15 is 0 Å². The maximum Gasteiger partial charge on any atom is 0.159 e. The number of hydrogen-bond acceptors (Lipinski definition) is 2. The lowest BCUT2D eigenvalue weighted by molar-refractivity contribution is -0.125. The number of carbonyl (C=O) groups excluding carboxylic acids is 2. The quantitative estimate of drug-likeness (QED) is 0.355. The Balaban J connectivity index is 0.000000240. The minimum atomic E-state index is 0.139. The van der Waals surface area contributed by atoms with Crippen molar-refractivity contribution in [3.63, 3.8) is 0 Å². The van der Waals surface area contributed by atoms with Gasteiger partial charge < -0.3 is 0 Å². The third kappa shape index (κ3) is 9.43. The van der Waals surface area contributed by atoms with E-state index in [1.807, 2.05) is 12.2 Å². The second-order valence-electron chi connectivity index (χ2n) is 12.8. The van der Waals surface area contributed by atoms with Crippen LogP contribution in [0.4, 0.5) is 0 Å². The summed E-state index contributed by atoms with van der Waals surface area (Å²) in [6, 6.07) is 0. The Kier molecular flexibility index (Phi) is 10.1. The standard InChI is InChI=1S/C11H18.C10H16O.C9H14O/c1-9-6-5-7-10(8-9)11(2,3)4;1-10(2,3)8-6-4-5-7-9(8)11;1-9(2,3)7-5-4-6-8(7)10/h5-6,10H,1,7-8H2,2-4H3;4-5,8H,6-7H2,1-3H3;4,6-7H,5H2,1-3H3. The molecule has 0 N–H and O–H groups in total. The highest BCUT2D eigenvalue weighted by Gasteiger charge is 2.31. The molecule has 32 heavy (non-hydrogen) atoms. The van der Waals surface area contributed by atoms with Crippen molar-refractivity contribution >= 4 is 11.6 Å². The van der Waals surface area contributed by atoms with Crippen LogP contribution in [0.3, 0.4) is 0 Å². The average Bonchev–Trinajstić information content (AvgIpc) is 3.08. The van der Waals surface area contributed by atoms with Gasteiger partial charge in [0.1, 0.15) is 5.78 Å². The van der Waals surface area contributed by atoms with Crippen molar-refractivity contribution in [1.29, 1.82) is 0 Å². The van der Waals surface area contributed by atoms with E-state index in [2.05, 4.69) is 87.1 Å². The highest BCUT2D eigenvalue weighted by Crippen LogP contribution is 2.36. The van der Waals surface area contributed by atoms with Gasteiger partial charge in [-0.1, -0.05) is 105 Å². The first-order valence-corrected chi connectivity index (χ1v) is 12.3. The molecule has 3 aliphatic rings. The van der Waals surface area contributed by atoms with E-state index in [4.69, 9.17) is 0 Å². The second-order valence-corrected chi connectivity index (χ2v) is 12.8. The van der Waals surface area contributed by atoms with Crippen LogP contribution >= 0.6 is 0 Å². The molecule has 3 aliphatic carbocycles. The summed E-state index contributed by atoms with van der Waals surface area (Å²) < 4.78 is 0. The number of rotatable bonds is 0. The number of carbonyl (C=O) groups is 2. The van der Waals surface area contributed by atoms with Crippen LogP contribution in [0.25, 0.3) is 0 Å². The van der Waals surface area contributed by atoms with Crippen molar-refractivity contribution < 1.29 is 9.59 Å². The fourth-order valence-electron chi connectivity index (χ4n) is 4.40. The van der Waals surface area contributed by atoms with E-state index in [0.29, 0.717) is 23.4 Å². The predicted octanol–water partition coefficient (Wildman–Crippen LogP) is 8.30. The van der Waals surface area contributed by atoms with Crippen molar-refractivity contribution in [2.24, 2.45) is 34.0 Å². The van der Waals surface area contributed by atoms with Crippen molar-refractivity contribution in [3.05, 3.63) is 48.6 Å².